The quantitative estimate of drug-likeness (QED) is 0.582. The molecule has 4 rings (SSSR count). The van der Waals surface area contributed by atoms with Crippen molar-refractivity contribution in [2.24, 2.45) is 17.8 Å². The highest BCUT2D eigenvalue weighted by Crippen LogP contribution is 2.67. The Hall–Kier alpha value is -1.77. The van der Waals surface area contributed by atoms with Crippen molar-refractivity contribution < 1.29 is 24.2 Å². The Morgan fingerprint density at radius 3 is 2.62 bits per heavy atom. The van der Waals surface area contributed by atoms with Crippen LogP contribution in [-0.2, 0) is 19.1 Å². The number of fused-ring (bicyclic) bond motifs is 1. The third-order valence-electron chi connectivity index (χ3n) is 6.97. The van der Waals surface area contributed by atoms with Crippen molar-refractivity contribution in [3.8, 4) is 0 Å². The zero-order valence-corrected chi connectivity index (χ0v) is 20.0. The Balaban J connectivity index is 1.74. The summed E-state index contributed by atoms with van der Waals surface area (Å²) in [5.41, 5.74) is 0.580. The molecule has 3 aliphatic heterocycles. The summed E-state index contributed by atoms with van der Waals surface area (Å²) in [5, 5.41) is 13.6. The van der Waals surface area contributed by atoms with E-state index in [0.717, 1.165) is 6.42 Å². The van der Waals surface area contributed by atoms with Crippen molar-refractivity contribution in [3.63, 3.8) is 0 Å². The van der Waals surface area contributed by atoms with Gasteiger partial charge in [-0.1, -0.05) is 25.4 Å². The van der Waals surface area contributed by atoms with Crippen LogP contribution in [0.25, 0.3) is 0 Å². The molecule has 9 heteroatoms. The lowest BCUT2D eigenvalue weighted by atomic mass is 9.71. The molecule has 0 radical (unpaired) electrons. The SMILES string of the molecule is CCOC(=O)[C@@H]1[C@@H]2CCC3(S2)C(C(=O)Nc2ccc(Cl)cc2)N([C@@H](CO)C(C)C)C(=O)[C@H]13. The van der Waals surface area contributed by atoms with Crippen LogP contribution in [0.4, 0.5) is 5.69 Å². The highest BCUT2D eigenvalue weighted by atomic mass is 35.5. The number of thioether (sulfide) groups is 1. The highest BCUT2D eigenvalue weighted by molar-refractivity contribution is 8.02. The largest absolute Gasteiger partial charge is 0.466 e. The van der Waals surface area contributed by atoms with Crippen molar-refractivity contribution in [2.45, 2.75) is 55.7 Å². The van der Waals surface area contributed by atoms with Gasteiger partial charge in [0.25, 0.3) is 0 Å². The zero-order valence-electron chi connectivity index (χ0n) is 18.4. The van der Waals surface area contributed by atoms with Crippen molar-refractivity contribution >= 4 is 46.8 Å². The number of nitrogens with one attached hydrogen (secondary N) is 1. The Labute approximate surface area is 197 Å². The number of likely N-dealkylation sites (tertiary alicyclic amines) is 1. The first-order valence-corrected chi connectivity index (χ1v) is 12.3. The van der Waals surface area contributed by atoms with E-state index in [4.69, 9.17) is 16.3 Å². The topological polar surface area (TPSA) is 95.9 Å². The van der Waals surface area contributed by atoms with Crippen molar-refractivity contribution in [2.75, 3.05) is 18.5 Å². The molecule has 3 fully saturated rings. The molecule has 3 aliphatic rings. The number of aliphatic hydroxyl groups excluding tert-OH is 1. The second-order valence-electron chi connectivity index (χ2n) is 9.04. The molecule has 1 spiro atoms. The van der Waals surface area contributed by atoms with Gasteiger partial charge in [0.05, 0.1) is 35.8 Å². The maximum absolute atomic E-state index is 13.8. The molecule has 174 valence electrons. The predicted molar refractivity (Wildman–Crippen MR) is 123 cm³/mol. The van der Waals surface area contributed by atoms with Crippen LogP contribution in [0.15, 0.2) is 24.3 Å². The third-order valence-corrected chi connectivity index (χ3v) is 9.17. The van der Waals surface area contributed by atoms with Gasteiger partial charge in [-0.2, -0.15) is 0 Å². The minimum absolute atomic E-state index is 0.0393. The van der Waals surface area contributed by atoms with E-state index in [2.05, 4.69) is 5.32 Å². The Bertz CT molecular complexity index is 910. The van der Waals surface area contributed by atoms with Crippen LogP contribution in [0.2, 0.25) is 5.02 Å². The van der Waals surface area contributed by atoms with Gasteiger partial charge in [0.2, 0.25) is 11.8 Å². The first kappa shape index (κ1) is 23.4. The van der Waals surface area contributed by atoms with Gasteiger partial charge in [-0.05, 0) is 49.9 Å². The van der Waals surface area contributed by atoms with Crippen LogP contribution in [0, 0.1) is 17.8 Å². The monoisotopic (exact) mass is 480 g/mol. The molecule has 3 heterocycles. The van der Waals surface area contributed by atoms with E-state index in [1.165, 1.54) is 0 Å². The number of amides is 2. The number of aliphatic hydroxyl groups is 1. The van der Waals surface area contributed by atoms with E-state index in [1.807, 2.05) is 13.8 Å². The van der Waals surface area contributed by atoms with E-state index in [1.54, 1.807) is 47.9 Å². The summed E-state index contributed by atoms with van der Waals surface area (Å²) in [5.74, 6) is -2.16. The van der Waals surface area contributed by atoms with Crippen LogP contribution in [-0.4, -0.2) is 63.1 Å². The van der Waals surface area contributed by atoms with E-state index in [9.17, 15) is 19.5 Å². The van der Waals surface area contributed by atoms with E-state index in [0.29, 0.717) is 17.1 Å². The lowest BCUT2D eigenvalue weighted by Gasteiger charge is -2.38. The second-order valence-corrected chi connectivity index (χ2v) is 11.1. The fourth-order valence-corrected chi connectivity index (χ4v) is 7.94. The molecule has 7 nitrogen and oxygen atoms in total. The number of carbonyl (C=O) groups excluding carboxylic acids is 3. The standard InChI is InChI=1S/C23H29ClN2O5S/c1-4-31-22(30)17-16-9-10-23(32-16)18(17)21(29)26(15(11-27)12(2)3)19(23)20(28)25-14-7-5-13(24)6-8-14/h5-8,12,15-19,27H,4,9-11H2,1-3H3,(H,25,28)/t15-,16-,17+,18-,19?,23?/m0/s1. The molecule has 6 atom stereocenters. The average molecular weight is 481 g/mol. The maximum Gasteiger partial charge on any atom is 0.310 e. The average Bonchev–Trinajstić information content (AvgIpc) is 3.38. The number of anilines is 1. The Morgan fingerprint density at radius 2 is 2.03 bits per heavy atom. The number of carbonyl (C=O) groups is 3. The molecule has 0 aliphatic carbocycles. The van der Waals surface area contributed by atoms with Crippen molar-refractivity contribution in [3.05, 3.63) is 29.3 Å². The molecule has 1 aromatic carbocycles. The predicted octanol–water partition coefficient (Wildman–Crippen LogP) is 2.95. The summed E-state index contributed by atoms with van der Waals surface area (Å²) in [6, 6.07) is 5.49. The molecular formula is C23H29ClN2O5S. The van der Waals surface area contributed by atoms with Crippen LogP contribution in [0.1, 0.15) is 33.6 Å². The van der Waals surface area contributed by atoms with Gasteiger partial charge in [-0.15, -0.1) is 11.8 Å². The first-order valence-electron chi connectivity index (χ1n) is 11.1. The molecule has 2 amide bonds. The number of nitrogens with zero attached hydrogens (tertiary/aromatic N) is 1. The summed E-state index contributed by atoms with van der Waals surface area (Å²) in [4.78, 5) is 41.9. The van der Waals surface area contributed by atoms with Crippen molar-refractivity contribution in [1.82, 2.24) is 4.90 Å². The van der Waals surface area contributed by atoms with E-state index >= 15 is 0 Å². The summed E-state index contributed by atoms with van der Waals surface area (Å²) in [6.07, 6.45) is 1.42. The molecule has 0 aromatic heterocycles. The van der Waals surface area contributed by atoms with Gasteiger partial charge in [0.15, 0.2) is 0 Å². The van der Waals surface area contributed by atoms with Gasteiger partial charge in [0, 0.05) is 16.0 Å². The summed E-state index contributed by atoms with van der Waals surface area (Å²) < 4.78 is 4.61. The molecule has 32 heavy (non-hydrogen) atoms. The molecular weight excluding hydrogens is 452 g/mol. The minimum Gasteiger partial charge on any atom is -0.466 e. The highest BCUT2D eigenvalue weighted by Gasteiger charge is 2.74. The number of hydrogen-bond donors (Lipinski definition) is 2. The van der Waals surface area contributed by atoms with Crippen LogP contribution >= 0.6 is 23.4 Å². The Morgan fingerprint density at radius 1 is 1.34 bits per heavy atom. The number of rotatable bonds is 7. The fraction of sp³-hybridized carbons (Fsp3) is 0.609. The van der Waals surface area contributed by atoms with Gasteiger partial charge in [-0.3, -0.25) is 14.4 Å². The van der Waals surface area contributed by atoms with E-state index < -0.39 is 28.7 Å². The van der Waals surface area contributed by atoms with Gasteiger partial charge >= 0.3 is 5.97 Å². The van der Waals surface area contributed by atoms with Crippen LogP contribution < -0.4 is 5.32 Å². The van der Waals surface area contributed by atoms with Gasteiger partial charge < -0.3 is 20.1 Å². The molecule has 2 N–H and O–H groups in total. The third kappa shape index (κ3) is 3.60. The lowest BCUT2D eigenvalue weighted by molar-refractivity contribution is -0.154. The Kier molecular flexibility index (Phi) is 6.49. The molecule has 2 unspecified atom stereocenters. The molecule has 0 saturated carbocycles. The van der Waals surface area contributed by atoms with Crippen LogP contribution in [0.5, 0.6) is 0 Å². The summed E-state index contributed by atoms with van der Waals surface area (Å²) in [6.45, 7) is 5.58. The zero-order chi connectivity index (χ0) is 23.2. The minimum atomic E-state index is -0.787. The van der Waals surface area contributed by atoms with E-state index in [-0.39, 0.29) is 42.2 Å². The number of hydrogen-bond acceptors (Lipinski definition) is 6. The molecule has 1 aromatic rings. The number of ether oxygens (including phenoxy) is 1. The maximum atomic E-state index is 13.8. The normalized spacial score (nSPS) is 31.7. The molecule has 2 bridgehead atoms. The fourth-order valence-electron chi connectivity index (χ4n) is 5.62. The van der Waals surface area contributed by atoms with Gasteiger partial charge in [-0.25, -0.2) is 0 Å². The summed E-state index contributed by atoms with van der Waals surface area (Å²) in [7, 11) is 0. The first-order chi connectivity index (χ1) is 15.2. The number of benzene rings is 1. The molecule has 3 saturated heterocycles. The number of halogens is 1. The van der Waals surface area contributed by atoms with Gasteiger partial charge in [0.1, 0.15) is 6.04 Å². The second kappa shape index (κ2) is 8.88. The lowest BCUT2D eigenvalue weighted by Crippen LogP contribution is -2.56. The summed E-state index contributed by atoms with van der Waals surface area (Å²) >= 11 is 7.55. The smallest absolute Gasteiger partial charge is 0.310 e. The van der Waals surface area contributed by atoms with Crippen LogP contribution in [0.3, 0.4) is 0 Å². The van der Waals surface area contributed by atoms with Crippen molar-refractivity contribution in [1.29, 1.82) is 0 Å². The number of esters is 1.